The lowest BCUT2D eigenvalue weighted by atomic mass is 9.95. The predicted molar refractivity (Wildman–Crippen MR) is 207 cm³/mol. The Morgan fingerprint density at radius 2 is 1.16 bits per heavy atom. The lowest BCUT2D eigenvalue weighted by molar-refractivity contribution is 0.673. The van der Waals surface area contributed by atoms with E-state index in [2.05, 4.69) is 168 Å². The maximum Gasteiger partial charge on any atom is 0.235 e. The monoisotopic (exact) mass is 637 g/mol. The number of furan rings is 1. The van der Waals surface area contributed by atoms with Crippen LogP contribution in [0.25, 0.3) is 105 Å². The van der Waals surface area contributed by atoms with Gasteiger partial charge in [0.05, 0.1) is 22.2 Å². The van der Waals surface area contributed by atoms with Crippen molar-refractivity contribution in [3.05, 3.63) is 164 Å². The van der Waals surface area contributed by atoms with Gasteiger partial charge in [-0.25, -0.2) is 9.97 Å². The molecule has 0 fully saturated rings. The second kappa shape index (κ2) is 10.4. The zero-order valence-corrected chi connectivity index (χ0v) is 26.8. The average molecular weight is 638 g/mol. The summed E-state index contributed by atoms with van der Waals surface area (Å²) in [4.78, 5) is 10.8. The third-order valence-electron chi connectivity index (χ3n) is 10.2. The van der Waals surface area contributed by atoms with Crippen molar-refractivity contribution in [1.82, 2.24) is 14.5 Å². The minimum atomic E-state index is 0.634. The molecule has 0 amide bonds. The largest absolute Gasteiger partial charge is 0.455 e. The molecule has 3 aromatic heterocycles. The lowest BCUT2D eigenvalue weighted by Crippen LogP contribution is -2.03. The van der Waals surface area contributed by atoms with E-state index in [4.69, 9.17) is 14.4 Å². The van der Waals surface area contributed by atoms with Crippen LogP contribution in [-0.4, -0.2) is 14.5 Å². The van der Waals surface area contributed by atoms with E-state index in [1.165, 1.54) is 32.7 Å². The molecule has 3 heterocycles. The van der Waals surface area contributed by atoms with Crippen molar-refractivity contribution in [2.24, 2.45) is 0 Å². The molecular formula is C46H27N3O. The summed E-state index contributed by atoms with van der Waals surface area (Å²) < 4.78 is 8.86. The molecule has 50 heavy (non-hydrogen) atoms. The predicted octanol–water partition coefficient (Wildman–Crippen LogP) is 12.3. The first-order valence-electron chi connectivity index (χ1n) is 16.9. The van der Waals surface area contributed by atoms with E-state index in [1.54, 1.807) is 0 Å². The number of hydrogen-bond donors (Lipinski definition) is 0. The average Bonchev–Trinajstić information content (AvgIpc) is 3.74. The topological polar surface area (TPSA) is 43.9 Å². The van der Waals surface area contributed by atoms with Crippen LogP contribution >= 0.6 is 0 Å². The molecule has 4 heteroatoms. The Morgan fingerprint density at radius 3 is 2.04 bits per heavy atom. The van der Waals surface area contributed by atoms with E-state index in [9.17, 15) is 0 Å². The quantitative estimate of drug-likeness (QED) is 0.194. The van der Waals surface area contributed by atoms with Crippen LogP contribution in [0.2, 0.25) is 0 Å². The molecule has 11 rings (SSSR count). The van der Waals surface area contributed by atoms with Gasteiger partial charge in [-0.3, -0.25) is 4.57 Å². The number of hydrogen-bond acceptors (Lipinski definition) is 3. The van der Waals surface area contributed by atoms with Gasteiger partial charge in [0.25, 0.3) is 0 Å². The maximum absolute atomic E-state index is 6.61. The molecule has 0 aliphatic heterocycles. The van der Waals surface area contributed by atoms with Gasteiger partial charge in [0, 0.05) is 37.9 Å². The minimum Gasteiger partial charge on any atom is -0.455 e. The van der Waals surface area contributed by atoms with E-state index < -0.39 is 0 Å². The molecule has 0 aliphatic rings. The van der Waals surface area contributed by atoms with Crippen molar-refractivity contribution in [3.63, 3.8) is 0 Å². The first-order valence-corrected chi connectivity index (χ1v) is 16.9. The summed E-state index contributed by atoms with van der Waals surface area (Å²) in [6.45, 7) is 0. The van der Waals surface area contributed by atoms with Crippen molar-refractivity contribution >= 4 is 76.2 Å². The Balaban J connectivity index is 1.27. The fourth-order valence-electron chi connectivity index (χ4n) is 8.02. The molecule has 0 bridgehead atoms. The highest BCUT2D eigenvalue weighted by atomic mass is 16.3. The molecular weight excluding hydrogens is 611 g/mol. The van der Waals surface area contributed by atoms with Crippen LogP contribution in [0.15, 0.2) is 168 Å². The van der Waals surface area contributed by atoms with E-state index >= 15 is 0 Å². The van der Waals surface area contributed by atoms with Crippen LogP contribution < -0.4 is 0 Å². The van der Waals surface area contributed by atoms with Gasteiger partial charge in [0.2, 0.25) is 5.95 Å². The Labute approximate surface area is 286 Å². The van der Waals surface area contributed by atoms with Crippen LogP contribution in [0.5, 0.6) is 0 Å². The molecule has 8 aromatic carbocycles. The fourth-order valence-corrected chi connectivity index (χ4v) is 8.02. The molecule has 0 saturated carbocycles. The van der Waals surface area contributed by atoms with Crippen molar-refractivity contribution in [3.8, 4) is 28.3 Å². The Bertz CT molecular complexity index is 3150. The van der Waals surface area contributed by atoms with Crippen LogP contribution in [0.1, 0.15) is 0 Å². The number of rotatable bonds is 3. The van der Waals surface area contributed by atoms with Gasteiger partial charge in [0.1, 0.15) is 11.2 Å². The molecule has 0 saturated heterocycles. The number of fused-ring (bicyclic) bond motifs is 11. The normalized spacial score (nSPS) is 12.0. The Morgan fingerprint density at radius 1 is 0.440 bits per heavy atom. The van der Waals surface area contributed by atoms with Crippen LogP contribution in [0.4, 0.5) is 0 Å². The summed E-state index contributed by atoms with van der Waals surface area (Å²) in [7, 11) is 0. The zero-order chi connectivity index (χ0) is 32.8. The summed E-state index contributed by atoms with van der Waals surface area (Å²) in [5.74, 6) is 0.634. The number of para-hydroxylation sites is 2. The molecule has 0 N–H and O–H groups in total. The summed E-state index contributed by atoms with van der Waals surface area (Å²) in [6.07, 6.45) is 0. The highest BCUT2D eigenvalue weighted by Crippen LogP contribution is 2.43. The number of nitrogens with zero attached hydrogens (tertiary/aromatic N) is 3. The Hall–Kier alpha value is -6.78. The minimum absolute atomic E-state index is 0.634. The van der Waals surface area contributed by atoms with Gasteiger partial charge in [0.15, 0.2) is 0 Å². The van der Waals surface area contributed by atoms with Crippen molar-refractivity contribution in [1.29, 1.82) is 0 Å². The van der Waals surface area contributed by atoms with Crippen LogP contribution in [-0.2, 0) is 0 Å². The molecule has 0 aliphatic carbocycles. The third kappa shape index (κ3) is 3.81. The number of aromatic nitrogens is 3. The van der Waals surface area contributed by atoms with E-state index in [1.807, 2.05) is 0 Å². The van der Waals surface area contributed by atoms with E-state index in [-0.39, 0.29) is 0 Å². The summed E-state index contributed by atoms with van der Waals surface area (Å²) in [5.41, 5.74) is 9.02. The summed E-state index contributed by atoms with van der Waals surface area (Å²) in [5, 5.41) is 10.2. The summed E-state index contributed by atoms with van der Waals surface area (Å²) in [6, 6.07) is 57.7. The van der Waals surface area contributed by atoms with Crippen LogP contribution in [0, 0.1) is 0 Å². The van der Waals surface area contributed by atoms with Gasteiger partial charge < -0.3 is 4.42 Å². The van der Waals surface area contributed by atoms with E-state index in [0.29, 0.717) is 5.95 Å². The van der Waals surface area contributed by atoms with Crippen molar-refractivity contribution in [2.45, 2.75) is 0 Å². The lowest BCUT2D eigenvalue weighted by Gasteiger charge is -2.14. The first-order chi connectivity index (χ1) is 24.8. The molecule has 0 spiro atoms. The van der Waals surface area contributed by atoms with Gasteiger partial charge in [-0.1, -0.05) is 133 Å². The highest BCUT2D eigenvalue weighted by molar-refractivity contribution is 6.24. The standard InChI is InChI=1S/C46H27N3O/c1-2-13-28(14-3-1)37-27-40-42(32-18-7-6-17-31(32)37)34-20-9-11-23-39(34)49(40)46-47-38-22-10-8-19-33(38)44(48-46)35-21-12-24-41-43(35)36-26-25-29-15-4-5-16-30(29)45(36)50-41/h1-27H. The molecule has 232 valence electrons. The van der Waals surface area contributed by atoms with Crippen molar-refractivity contribution in [2.75, 3.05) is 0 Å². The smallest absolute Gasteiger partial charge is 0.235 e. The van der Waals surface area contributed by atoms with Crippen molar-refractivity contribution < 1.29 is 4.42 Å². The van der Waals surface area contributed by atoms with Gasteiger partial charge in [-0.2, -0.15) is 0 Å². The maximum atomic E-state index is 6.61. The highest BCUT2D eigenvalue weighted by Gasteiger charge is 2.22. The molecule has 4 nitrogen and oxygen atoms in total. The van der Waals surface area contributed by atoms with Gasteiger partial charge in [-0.05, 0) is 57.6 Å². The second-order valence-electron chi connectivity index (χ2n) is 12.9. The molecule has 0 unspecified atom stereocenters. The molecule has 0 atom stereocenters. The molecule has 11 aromatic rings. The first kappa shape index (κ1) is 27.2. The third-order valence-corrected chi connectivity index (χ3v) is 10.2. The van der Waals surface area contributed by atoms with Gasteiger partial charge >= 0.3 is 0 Å². The van der Waals surface area contributed by atoms with Gasteiger partial charge in [-0.15, -0.1) is 0 Å². The SMILES string of the molecule is c1ccc(-c2cc3c(c4ccccc24)c2ccccc2n3-c2nc(-c3cccc4oc5c6ccccc6ccc5c34)c3ccccc3n2)cc1. The summed E-state index contributed by atoms with van der Waals surface area (Å²) >= 11 is 0. The zero-order valence-electron chi connectivity index (χ0n) is 26.8. The second-order valence-corrected chi connectivity index (χ2v) is 12.9. The van der Waals surface area contributed by atoms with Crippen LogP contribution in [0.3, 0.4) is 0 Å². The Kier molecular flexibility index (Phi) is 5.63. The van der Waals surface area contributed by atoms with E-state index in [0.717, 1.165) is 65.9 Å². The molecule has 0 radical (unpaired) electrons. The number of benzene rings is 8. The fraction of sp³-hybridized carbons (Fsp3) is 0.